The number of hydrogen-bond donors (Lipinski definition) is 0. The van der Waals surface area contributed by atoms with E-state index in [0.29, 0.717) is 12.5 Å². The summed E-state index contributed by atoms with van der Waals surface area (Å²) in [7, 11) is -1.46. The van der Waals surface area contributed by atoms with Gasteiger partial charge in [-0.25, -0.2) is 0 Å². The molecule has 0 saturated heterocycles. The highest BCUT2D eigenvalue weighted by Gasteiger charge is 2.19. The van der Waals surface area contributed by atoms with Crippen LogP contribution in [0.1, 0.15) is 19.5 Å². The topological polar surface area (TPSA) is 34.5 Å². The average molecular weight is 264 g/mol. The van der Waals surface area contributed by atoms with Crippen molar-refractivity contribution in [3.63, 3.8) is 0 Å². The molecule has 1 heterocycles. The lowest BCUT2D eigenvalue weighted by atomic mass is 10.1. The van der Waals surface area contributed by atoms with E-state index in [1.807, 2.05) is 24.4 Å². The van der Waals surface area contributed by atoms with Gasteiger partial charge in [0.1, 0.15) is 0 Å². The Balaban J connectivity index is 2.61. The molecule has 0 amide bonds. The molecule has 3 nitrogen and oxygen atoms in total. The van der Waals surface area contributed by atoms with Crippen molar-refractivity contribution in [3.8, 4) is 0 Å². The number of aliphatic imine (C=N–C) groups is 1. The summed E-state index contributed by atoms with van der Waals surface area (Å²) in [4.78, 5) is 8.84. The highest BCUT2D eigenvalue weighted by atomic mass is 28.4. The summed E-state index contributed by atoms with van der Waals surface area (Å²) in [6.45, 7) is 11.7. The minimum atomic E-state index is -1.46. The van der Waals surface area contributed by atoms with Gasteiger partial charge in [-0.2, -0.15) is 0 Å². The molecule has 0 spiro atoms. The largest absolute Gasteiger partial charge is 0.415 e. The summed E-state index contributed by atoms with van der Waals surface area (Å²) in [5.74, 6) is 0.473. The molecule has 0 unspecified atom stereocenters. The summed E-state index contributed by atoms with van der Waals surface area (Å²) in [6, 6.07) is 6.04. The molecular formula is C14H24N2OSi. The standard InChI is InChI=1S/C14H24N2OSi/c1-12(2)14(11-17-18(3,4)5)16-10-13-8-6-7-9-15-13/h6-10,12,14H,11H2,1-5H3/t14-/m1/s1. The predicted molar refractivity (Wildman–Crippen MR) is 79.8 cm³/mol. The maximum Gasteiger partial charge on any atom is 0.183 e. The molecule has 0 bridgehead atoms. The van der Waals surface area contributed by atoms with Gasteiger partial charge in [0.2, 0.25) is 0 Å². The first-order chi connectivity index (χ1) is 8.38. The first kappa shape index (κ1) is 15.1. The zero-order valence-electron chi connectivity index (χ0n) is 12.1. The second-order valence-corrected chi connectivity index (χ2v) is 10.3. The van der Waals surface area contributed by atoms with Crippen LogP contribution in [0.4, 0.5) is 0 Å². The Morgan fingerprint density at radius 3 is 2.56 bits per heavy atom. The molecular weight excluding hydrogens is 240 g/mol. The van der Waals surface area contributed by atoms with Crippen LogP contribution < -0.4 is 0 Å². The van der Waals surface area contributed by atoms with Crippen molar-refractivity contribution in [2.24, 2.45) is 10.9 Å². The monoisotopic (exact) mass is 264 g/mol. The summed E-state index contributed by atoms with van der Waals surface area (Å²) in [6.07, 6.45) is 3.63. The molecule has 0 aliphatic rings. The molecule has 4 heteroatoms. The third-order valence-corrected chi connectivity index (χ3v) is 3.58. The average Bonchev–Trinajstić information content (AvgIpc) is 2.28. The number of hydrogen-bond acceptors (Lipinski definition) is 3. The van der Waals surface area contributed by atoms with E-state index >= 15 is 0 Å². The van der Waals surface area contributed by atoms with Crippen molar-refractivity contribution < 1.29 is 4.43 Å². The third kappa shape index (κ3) is 6.07. The van der Waals surface area contributed by atoms with E-state index in [2.05, 4.69) is 43.5 Å². The van der Waals surface area contributed by atoms with Crippen molar-refractivity contribution in [2.45, 2.75) is 39.5 Å². The smallest absolute Gasteiger partial charge is 0.183 e. The molecule has 0 fully saturated rings. The van der Waals surface area contributed by atoms with Crippen LogP contribution in [0.25, 0.3) is 0 Å². The van der Waals surface area contributed by atoms with Gasteiger partial charge in [-0.1, -0.05) is 19.9 Å². The van der Waals surface area contributed by atoms with E-state index in [9.17, 15) is 0 Å². The van der Waals surface area contributed by atoms with Crippen molar-refractivity contribution >= 4 is 14.5 Å². The van der Waals surface area contributed by atoms with Crippen molar-refractivity contribution in [1.29, 1.82) is 0 Å². The predicted octanol–water partition coefficient (Wildman–Crippen LogP) is 3.38. The molecule has 1 atom stereocenters. The Morgan fingerprint density at radius 2 is 2.06 bits per heavy atom. The number of aromatic nitrogens is 1. The molecule has 100 valence electrons. The zero-order valence-corrected chi connectivity index (χ0v) is 13.1. The highest BCUT2D eigenvalue weighted by Crippen LogP contribution is 2.11. The highest BCUT2D eigenvalue weighted by molar-refractivity contribution is 6.69. The Kier molecular flexibility index (Phi) is 5.69. The second-order valence-electron chi connectivity index (χ2n) is 5.77. The van der Waals surface area contributed by atoms with Crippen LogP contribution in [0.2, 0.25) is 19.6 Å². The Labute approximate surface area is 111 Å². The fourth-order valence-corrected chi connectivity index (χ4v) is 2.04. The minimum Gasteiger partial charge on any atom is -0.415 e. The summed E-state index contributed by atoms with van der Waals surface area (Å²) in [5, 5.41) is 0. The Hall–Kier alpha value is -1.00. The van der Waals surface area contributed by atoms with Gasteiger partial charge in [0.15, 0.2) is 8.32 Å². The van der Waals surface area contributed by atoms with Crippen LogP contribution in [-0.2, 0) is 4.43 Å². The van der Waals surface area contributed by atoms with Crippen molar-refractivity contribution in [1.82, 2.24) is 4.98 Å². The first-order valence-corrected chi connectivity index (χ1v) is 9.87. The van der Waals surface area contributed by atoms with Crippen LogP contribution >= 0.6 is 0 Å². The molecule has 1 aromatic heterocycles. The minimum absolute atomic E-state index is 0.207. The quantitative estimate of drug-likeness (QED) is 0.583. The van der Waals surface area contributed by atoms with Crippen molar-refractivity contribution in [3.05, 3.63) is 30.1 Å². The van der Waals surface area contributed by atoms with Crippen molar-refractivity contribution in [2.75, 3.05) is 6.61 Å². The van der Waals surface area contributed by atoms with E-state index in [-0.39, 0.29) is 6.04 Å². The van der Waals surface area contributed by atoms with E-state index in [4.69, 9.17) is 4.43 Å². The first-order valence-electron chi connectivity index (χ1n) is 6.46. The molecule has 18 heavy (non-hydrogen) atoms. The molecule has 0 saturated carbocycles. The molecule has 0 aromatic carbocycles. The van der Waals surface area contributed by atoms with E-state index in [1.165, 1.54) is 0 Å². The molecule has 1 rings (SSSR count). The maximum atomic E-state index is 5.95. The molecule has 0 aliphatic heterocycles. The van der Waals surface area contributed by atoms with Crippen LogP contribution in [-0.4, -0.2) is 32.2 Å². The number of nitrogens with zero attached hydrogens (tertiary/aromatic N) is 2. The van der Waals surface area contributed by atoms with Crippen LogP contribution in [0.15, 0.2) is 29.4 Å². The summed E-state index contributed by atoms with van der Waals surface area (Å²) < 4.78 is 5.95. The Morgan fingerprint density at radius 1 is 1.33 bits per heavy atom. The zero-order chi connectivity index (χ0) is 13.6. The molecule has 0 N–H and O–H groups in total. The lowest BCUT2D eigenvalue weighted by Gasteiger charge is -2.23. The fourth-order valence-electron chi connectivity index (χ4n) is 1.37. The Bertz CT molecular complexity index is 371. The van der Waals surface area contributed by atoms with Gasteiger partial charge in [-0.05, 0) is 37.7 Å². The van der Waals surface area contributed by atoms with E-state index in [1.54, 1.807) is 6.20 Å². The van der Waals surface area contributed by atoms with Crippen LogP contribution in [0, 0.1) is 5.92 Å². The van der Waals surface area contributed by atoms with Gasteiger partial charge in [0.25, 0.3) is 0 Å². The molecule has 1 aromatic rings. The van der Waals surface area contributed by atoms with Gasteiger partial charge in [-0.3, -0.25) is 9.98 Å². The van der Waals surface area contributed by atoms with E-state index < -0.39 is 8.32 Å². The van der Waals surface area contributed by atoms with Crippen LogP contribution in [0.3, 0.4) is 0 Å². The fraction of sp³-hybridized carbons (Fsp3) is 0.571. The van der Waals surface area contributed by atoms with Gasteiger partial charge < -0.3 is 4.43 Å². The van der Waals surface area contributed by atoms with Gasteiger partial charge in [-0.15, -0.1) is 0 Å². The molecule has 0 aliphatic carbocycles. The van der Waals surface area contributed by atoms with Gasteiger partial charge in [0.05, 0.1) is 18.3 Å². The maximum absolute atomic E-state index is 5.95. The molecule has 0 radical (unpaired) electrons. The summed E-state index contributed by atoms with van der Waals surface area (Å²) in [5.41, 5.74) is 0.899. The SMILES string of the molecule is CC(C)[C@@H](CO[Si](C)(C)C)N=Cc1ccccn1. The third-order valence-electron chi connectivity index (χ3n) is 2.54. The number of pyridine rings is 1. The lowest BCUT2D eigenvalue weighted by Crippen LogP contribution is -2.31. The van der Waals surface area contributed by atoms with Gasteiger partial charge in [0, 0.05) is 12.4 Å². The van der Waals surface area contributed by atoms with Crippen LogP contribution in [0.5, 0.6) is 0 Å². The lowest BCUT2D eigenvalue weighted by molar-refractivity contribution is 0.255. The second kappa shape index (κ2) is 6.80. The van der Waals surface area contributed by atoms with E-state index in [0.717, 1.165) is 5.69 Å². The normalized spacial score (nSPS) is 14.3. The number of rotatable bonds is 6. The summed E-state index contributed by atoms with van der Waals surface area (Å²) >= 11 is 0. The van der Waals surface area contributed by atoms with Gasteiger partial charge >= 0.3 is 0 Å².